The van der Waals surface area contributed by atoms with Crippen LogP contribution in [0.4, 0.5) is 11.4 Å². The zero-order valence-electron chi connectivity index (χ0n) is 13.2. The first-order valence-corrected chi connectivity index (χ1v) is 7.20. The van der Waals surface area contributed by atoms with E-state index in [2.05, 4.69) is 5.32 Å². The Morgan fingerprint density at radius 2 is 1.88 bits per heavy atom. The minimum absolute atomic E-state index is 0.103. The smallest absolute Gasteiger partial charge is 0.271 e. The predicted octanol–water partition coefficient (Wildman–Crippen LogP) is 3.20. The second-order valence-corrected chi connectivity index (χ2v) is 5.14. The molecule has 0 bridgehead atoms. The maximum absolute atomic E-state index is 12.1. The highest BCUT2D eigenvalue weighted by atomic mass is 16.6. The fraction of sp³-hybridized carbons (Fsp3) is 0.176. The number of hydrogen-bond acceptors (Lipinski definition) is 5. The molecule has 7 heteroatoms. The van der Waals surface area contributed by atoms with Crippen LogP contribution in [-0.2, 0) is 4.79 Å². The fourth-order valence-electron chi connectivity index (χ4n) is 1.99. The van der Waals surface area contributed by atoms with Gasteiger partial charge < -0.3 is 10.1 Å². The van der Waals surface area contributed by atoms with E-state index in [1.165, 1.54) is 25.1 Å². The van der Waals surface area contributed by atoms with Crippen LogP contribution in [0.1, 0.15) is 24.2 Å². The summed E-state index contributed by atoms with van der Waals surface area (Å²) in [6.45, 7) is 2.99. The Morgan fingerprint density at radius 3 is 2.54 bits per heavy atom. The van der Waals surface area contributed by atoms with Gasteiger partial charge in [0.15, 0.2) is 11.9 Å². The van der Waals surface area contributed by atoms with Crippen molar-refractivity contribution in [3.8, 4) is 5.75 Å². The average molecular weight is 328 g/mol. The van der Waals surface area contributed by atoms with E-state index < -0.39 is 16.9 Å². The Morgan fingerprint density at radius 1 is 1.17 bits per heavy atom. The van der Waals surface area contributed by atoms with Gasteiger partial charge in [-0.3, -0.25) is 19.7 Å². The van der Waals surface area contributed by atoms with E-state index in [9.17, 15) is 19.7 Å². The van der Waals surface area contributed by atoms with Crippen LogP contribution < -0.4 is 10.1 Å². The van der Waals surface area contributed by atoms with Gasteiger partial charge in [-0.1, -0.05) is 18.2 Å². The molecule has 0 fully saturated rings. The molecule has 0 aromatic heterocycles. The summed E-state index contributed by atoms with van der Waals surface area (Å²) in [7, 11) is 0. The molecule has 0 aliphatic rings. The van der Waals surface area contributed by atoms with Crippen molar-refractivity contribution in [2.45, 2.75) is 20.0 Å². The van der Waals surface area contributed by atoms with E-state index >= 15 is 0 Å². The molecule has 1 unspecified atom stereocenters. The van der Waals surface area contributed by atoms with Crippen molar-refractivity contribution in [2.75, 3.05) is 5.32 Å². The van der Waals surface area contributed by atoms with Crippen LogP contribution in [0.3, 0.4) is 0 Å². The Balaban J connectivity index is 2.04. The van der Waals surface area contributed by atoms with Gasteiger partial charge in [-0.25, -0.2) is 0 Å². The number of ketones is 1. The zero-order valence-corrected chi connectivity index (χ0v) is 13.2. The number of benzene rings is 2. The molecule has 0 saturated heterocycles. The minimum Gasteiger partial charge on any atom is -0.481 e. The molecule has 1 amide bonds. The molecule has 0 aliphatic carbocycles. The van der Waals surface area contributed by atoms with Crippen LogP contribution in [0.25, 0.3) is 0 Å². The number of hydrogen-bond donors (Lipinski definition) is 1. The Kier molecular flexibility index (Phi) is 5.26. The molecule has 2 aromatic rings. The number of rotatable bonds is 6. The highest BCUT2D eigenvalue weighted by Crippen LogP contribution is 2.19. The Bertz CT molecular complexity index is 788. The molecule has 0 spiro atoms. The van der Waals surface area contributed by atoms with E-state index in [4.69, 9.17) is 4.74 Å². The number of nitro groups is 1. The molecule has 1 N–H and O–H groups in total. The maximum Gasteiger partial charge on any atom is 0.271 e. The highest BCUT2D eigenvalue weighted by Gasteiger charge is 2.16. The number of nitrogens with one attached hydrogen (secondary N) is 1. The molecule has 124 valence electrons. The third kappa shape index (κ3) is 4.39. The third-order valence-electron chi connectivity index (χ3n) is 3.25. The standard InChI is InChI=1S/C17H16N2O5/c1-11(20)13-5-3-8-16(9-13)24-12(2)17(21)18-14-6-4-7-15(10-14)19(22)23/h3-10,12H,1-2H3,(H,18,21). The SMILES string of the molecule is CC(=O)c1cccc(OC(C)C(=O)Nc2cccc([N+](=O)[O-])c2)c1. The summed E-state index contributed by atoms with van der Waals surface area (Å²) in [6.07, 6.45) is -0.841. The summed E-state index contributed by atoms with van der Waals surface area (Å²) < 4.78 is 5.52. The third-order valence-corrected chi connectivity index (χ3v) is 3.25. The molecule has 0 aliphatic heterocycles. The van der Waals surface area contributed by atoms with Crippen LogP contribution in [-0.4, -0.2) is 22.7 Å². The number of anilines is 1. The van der Waals surface area contributed by atoms with E-state index in [1.54, 1.807) is 37.3 Å². The molecular formula is C17H16N2O5. The highest BCUT2D eigenvalue weighted by molar-refractivity contribution is 5.95. The number of non-ortho nitro benzene ring substituents is 1. The van der Waals surface area contributed by atoms with Gasteiger partial charge >= 0.3 is 0 Å². The van der Waals surface area contributed by atoms with E-state index in [0.717, 1.165) is 0 Å². The minimum atomic E-state index is -0.841. The largest absolute Gasteiger partial charge is 0.481 e. The van der Waals surface area contributed by atoms with Crippen molar-refractivity contribution in [3.05, 3.63) is 64.2 Å². The van der Waals surface area contributed by atoms with Gasteiger partial charge in [-0.15, -0.1) is 0 Å². The lowest BCUT2D eigenvalue weighted by Crippen LogP contribution is -2.30. The van der Waals surface area contributed by atoms with Crippen LogP contribution in [0, 0.1) is 10.1 Å². The van der Waals surface area contributed by atoms with Crippen molar-refractivity contribution in [2.24, 2.45) is 0 Å². The summed E-state index contributed by atoms with van der Waals surface area (Å²) in [6, 6.07) is 12.1. The number of carbonyl (C=O) groups is 2. The first kappa shape index (κ1) is 17.1. The van der Waals surface area contributed by atoms with E-state index in [-0.39, 0.29) is 11.5 Å². The molecule has 7 nitrogen and oxygen atoms in total. The van der Waals surface area contributed by atoms with Crippen LogP contribution >= 0.6 is 0 Å². The van der Waals surface area contributed by atoms with E-state index in [1.807, 2.05) is 0 Å². The van der Waals surface area contributed by atoms with Crippen LogP contribution in [0.2, 0.25) is 0 Å². The van der Waals surface area contributed by atoms with Crippen molar-refractivity contribution < 1.29 is 19.2 Å². The van der Waals surface area contributed by atoms with Gasteiger partial charge in [0.05, 0.1) is 4.92 Å². The summed E-state index contributed by atoms with van der Waals surface area (Å²) in [5.41, 5.74) is 0.677. The summed E-state index contributed by atoms with van der Waals surface area (Å²) in [4.78, 5) is 33.7. The van der Waals surface area contributed by atoms with Crippen molar-refractivity contribution in [3.63, 3.8) is 0 Å². The van der Waals surface area contributed by atoms with Gasteiger partial charge in [0.2, 0.25) is 0 Å². The molecule has 0 heterocycles. The molecule has 2 aromatic carbocycles. The number of nitrogens with zero attached hydrogens (tertiary/aromatic N) is 1. The van der Waals surface area contributed by atoms with Crippen LogP contribution in [0.5, 0.6) is 5.75 Å². The van der Waals surface area contributed by atoms with Crippen molar-refractivity contribution >= 4 is 23.1 Å². The quantitative estimate of drug-likeness (QED) is 0.499. The van der Waals surface area contributed by atoms with Crippen molar-refractivity contribution in [1.82, 2.24) is 0 Å². The molecule has 0 radical (unpaired) electrons. The lowest BCUT2D eigenvalue weighted by atomic mass is 10.1. The lowest BCUT2D eigenvalue weighted by Gasteiger charge is -2.15. The van der Waals surface area contributed by atoms with Gasteiger partial charge in [0, 0.05) is 23.4 Å². The Hall–Kier alpha value is -3.22. The van der Waals surface area contributed by atoms with Crippen LogP contribution in [0.15, 0.2) is 48.5 Å². The molecular weight excluding hydrogens is 312 g/mol. The number of amides is 1. The second-order valence-electron chi connectivity index (χ2n) is 5.14. The van der Waals surface area contributed by atoms with Gasteiger partial charge in [-0.05, 0) is 32.0 Å². The fourth-order valence-corrected chi connectivity index (χ4v) is 1.99. The predicted molar refractivity (Wildman–Crippen MR) is 88.3 cm³/mol. The van der Waals surface area contributed by atoms with Gasteiger partial charge in [-0.2, -0.15) is 0 Å². The Labute approximate surface area is 138 Å². The summed E-state index contributed by atoms with van der Waals surface area (Å²) in [5.74, 6) is -0.165. The van der Waals surface area contributed by atoms with Gasteiger partial charge in [0.25, 0.3) is 11.6 Å². The molecule has 1 atom stereocenters. The first-order chi connectivity index (χ1) is 11.4. The topological polar surface area (TPSA) is 98.5 Å². The normalized spacial score (nSPS) is 11.4. The molecule has 0 saturated carbocycles. The summed E-state index contributed by atoms with van der Waals surface area (Å²) in [5, 5.41) is 13.3. The number of ether oxygens (including phenoxy) is 1. The maximum atomic E-state index is 12.1. The average Bonchev–Trinajstić information content (AvgIpc) is 2.55. The molecule has 24 heavy (non-hydrogen) atoms. The van der Waals surface area contributed by atoms with E-state index in [0.29, 0.717) is 17.0 Å². The summed E-state index contributed by atoms with van der Waals surface area (Å²) >= 11 is 0. The number of nitro benzene ring substituents is 1. The second kappa shape index (κ2) is 7.36. The monoisotopic (exact) mass is 328 g/mol. The van der Waals surface area contributed by atoms with Gasteiger partial charge in [0.1, 0.15) is 5.75 Å². The number of Topliss-reactive ketones (excluding diaryl/α,β-unsaturated/α-hetero) is 1. The number of carbonyl (C=O) groups excluding carboxylic acids is 2. The molecule has 2 rings (SSSR count). The lowest BCUT2D eigenvalue weighted by molar-refractivity contribution is -0.384. The first-order valence-electron chi connectivity index (χ1n) is 7.20. The zero-order chi connectivity index (χ0) is 17.7. The van der Waals surface area contributed by atoms with Crippen molar-refractivity contribution in [1.29, 1.82) is 0 Å².